The predicted molar refractivity (Wildman–Crippen MR) is 85.1 cm³/mol. The van der Waals surface area contributed by atoms with Crippen LogP contribution >= 0.6 is 23.1 Å². The van der Waals surface area contributed by atoms with Crippen LogP contribution in [0, 0.1) is 0 Å². The number of thiazole rings is 1. The molecule has 0 unspecified atom stereocenters. The van der Waals surface area contributed by atoms with Crippen molar-refractivity contribution in [1.29, 1.82) is 0 Å². The van der Waals surface area contributed by atoms with Crippen LogP contribution < -0.4 is 0 Å². The maximum Gasteiger partial charge on any atom is 0.256 e. The van der Waals surface area contributed by atoms with E-state index in [1.54, 1.807) is 27.8 Å². The lowest BCUT2D eigenvalue weighted by atomic mass is 10.3. The van der Waals surface area contributed by atoms with Crippen LogP contribution in [0.3, 0.4) is 0 Å². The molecule has 1 aromatic carbocycles. The summed E-state index contributed by atoms with van der Waals surface area (Å²) < 4.78 is 3.62. The number of nitrogens with zero attached hydrogens (tertiary/aromatic N) is 7. The SMILES string of the molecule is Cn1nnnc1-n1c(SCc2cscn2)nc2ccccc21. The zero-order chi connectivity index (χ0) is 14.9. The van der Waals surface area contributed by atoms with Gasteiger partial charge in [0.2, 0.25) is 0 Å². The number of aromatic nitrogens is 7. The summed E-state index contributed by atoms with van der Waals surface area (Å²) in [6.07, 6.45) is 0. The molecule has 0 fully saturated rings. The van der Waals surface area contributed by atoms with Gasteiger partial charge >= 0.3 is 0 Å². The Balaban J connectivity index is 1.81. The molecule has 22 heavy (non-hydrogen) atoms. The summed E-state index contributed by atoms with van der Waals surface area (Å²) in [6, 6.07) is 7.97. The number of para-hydroxylation sites is 2. The normalized spacial score (nSPS) is 11.3. The van der Waals surface area contributed by atoms with Crippen LogP contribution in [0.15, 0.2) is 40.3 Å². The zero-order valence-electron chi connectivity index (χ0n) is 11.6. The highest BCUT2D eigenvalue weighted by atomic mass is 32.2. The number of fused-ring (bicyclic) bond motifs is 1. The quantitative estimate of drug-likeness (QED) is 0.535. The topological polar surface area (TPSA) is 74.3 Å². The van der Waals surface area contributed by atoms with Crippen molar-refractivity contribution in [1.82, 2.24) is 34.7 Å². The van der Waals surface area contributed by atoms with Gasteiger partial charge in [-0.05, 0) is 22.6 Å². The molecule has 110 valence electrons. The van der Waals surface area contributed by atoms with Gasteiger partial charge in [-0.15, -0.1) is 11.3 Å². The lowest BCUT2D eigenvalue weighted by Gasteiger charge is -2.05. The molecule has 0 aliphatic carbocycles. The Labute approximate surface area is 134 Å². The Kier molecular flexibility index (Phi) is 3.35. The van der Waals surface area contributed by atoms with E-state index in [2.05, 4.69) is 20.5 Å². The summed E-state index contributed by atoms with van der Waals surface area (Å²) in [5.74, 6) is 1.41. The van der Waals surface area contributed by atoms with Crippen molar-refractivity contribution in [2.24, 2.45) is 7.05 Å². The maximum atomic E-state index is 4.70. The van der Waals surface area contributed by atoms with Gasteiger partial charge in [0.05, 0.1) is 22.2 Å². The highest BCUT2D eigenvalue weighted by Gasteiger charge is 2.17. The molecule has 0 bridgehead atoms. The number of hydrogen-bond donors (Lipinski definition) is 0. The Morgan fingerprint density at radius 1 is 1.27 bits per heavy atom. The van der Waals surface area contributed by atoms with Gasteiger partial charge in [-0.3, -0.25) is 4.57 Å². The van der Waals surface area contributed by atoms with Crippen molar-refractivity contribution in [3.63, 3.8) is 0 Å². The first-order valence-electron chi connectivity index (χ1n) is 6.53. The molecule has 0 aliphatic rings. The number of benzene rings is 1. The zero-order valence-corrected chi connectivity index (χ0v) is 13.3. The highest BCUT2D eigenvalue weighted by Crippen LogP contribution is 2.28. The average Bonchev–Trinajstić information content (AvgIpc) is 3.24. The number of tetrazole rings is 1. The summed E-state index contributed by atoms with van der Waals surface area (Å²) in [7, 11) is 1.82. The molecule has 0 saturated carbocycles. The van der Waals surface area contributed by atoms with Gasteiger partial charge in [0.1, 0.15) is 0 Å². The molecule has 0 spiro atoms. The third-order valence-corrected chi connectivity index (χ3v) is 4.77. The third-order valence-electron chi connectivity index (χ3n) is 3.16. The minimum atomic E-state index is 0.648. The summed E-state index contributed by atoms with van der Waals surface area (Å²) >= 11 is 3.22. The lowest BCUT2D eigenvalue weighted by molar-refractivity contribution is 0.682. The molecule has 0 radical (unpaired) electrons. The Hall–Kier alpha value is -2.26. The Bertz CT molecular complexity index is 910. The highest BCUT2D eigenvalue weighted by molar-refractivity contribution is 7.98. The molecule has 0 aliphatic heterocycles. The lowest BCUT2D eigenvalue weighted by Crippen LogP contribution is -2.05. The largest absolute Gasteiger partial charge is 0.256 e. The van der Waals surface area contributed by atoms with E-state index in [1.807, 2.05) is 46.8 Å². The van der Waals surface area contributed by atoms with Gasteiger partial charge < -0.3 is 0 Å². The van der Waals surface area contributed by atoms with E-state index in [0.29, 0.717) is 5.95 Å². The number of rotatable bonds is 4. The first-order chi connectivity index (χ1) is 10.8. The Morgan fingerprint density at radius 3 is 2.95 bits per heavy atom. The second-order valence-corrected chi connectivity index (χ2v) is 6.25. The van der Waals surface area contributed by atoms with Crippen molar-refractivity contribution < 1.29 is 0 Å². The summed E-state index contributed by atoms with van der Waals surface area (Å²) in [5.41, 5.74) is 4.79. The first-order valence-corrected chi connectivity index (χ1v) is 8.46. The van der Waals surface area contributed by atoms with Crippen LogP contribution in [0.2, 0.25) is 0 Å². The van der Waals surface area contributed by atoms with Crippen molar-refractivity contribution in [3.8, 4) is 5.95 Å². The van der Waals surface area contributed by atoms with Crippen LogP contribution in [0.5, 0.6) is 0 Å². The van der Waals surface area contributed by atoms with Gasteiger partial charge in [0.15, 0.2) is 5.16 Å². The number of aryl methyl sites for hydroxylation is 1. The molecule has 4 aromatic rings. The molecular formula is C13H11N7S2. The van der Waals surface area contributed by atoms with Crippen molar-refractivity contribution in [3.05, 3.63) is 40.8 Å². The summed E-state index contributed by atoms with van der Waals surface area (Å²) in [6.45, 7) is 0. The number of thioether (sulfide) groups is 1. The molecule has 9 heteroatoms. The summed E-state index contributed by atoms with van der Waals surface area (Å²) in [4.78, 5) is 9.01. The van der Waals surface area contributed by atoms with Crippen molar-refractivity contribution in [2.45, 2.75) is 10.9 Å². The van der Waals surface area contributed by atoms with Gasteiger partial charge in [-0.2, -0.15) is 0 Å². The van der Waals surface area contributed by atoms with Gasteiger partial charge in [-0.1, -0.05) is 29.0 Å². The van der Waals surface area contributed by atoms with Gasteiger partial charge in [0, 0.05) is 18.2 Å². The molecule has 0 saturated heterocycles. The van der Waals surface area contributed by atoms with E-state index in [0.717, 1.165) is 27.6 Å². The third kappa shape index (κ3) is 2.28. The van der Waals surface area contributed by atoms with Crippen LogP contribution in [0.1, 0.15) is 5.69 Å². The van der Waals surface area contributed by atoms with Gasteiger partial charge in [-0.25, -0.2) is 14.6 Å². The fraction of sp³-hybridized carbons (Fsp3) is 0.154. The van der Waals surface area contributed by atoms with E-state index in [1.165, 1.54) is 0 Å². The fourth-order valence-corrected chi connectivity index (χ4v) is 3.73. The van der Waals surface area contributed by atoms with Gasteiger partial charge in [0.25, 0.3) is 5.95 Å². The van der Waals surface area contributed by atoms with E-state index in [9.17, 15) is 0 Å². The average molecular weight is 329 g/mol. The fourth-order valence-electron chi connectivity index (χ4n) is 2.16. The van der Waals surface area contributed by atoms with Crippen molar-refractivity contribution >= 4 is 34.1 Å². The van der Waals surface area contributed by atoms with Crippen LogP contribution in [0.4, 0.5) is 0 Å². The second kappa shape index (κ2) is 5.50. The van der Waals surface area contributed by atoms with E-state index in [-0.39, 0.29) is 0 Å². The van der Waals surface area contributed by atoms with Crippen LogP contribution in [-0.2, 0) is 12.8 Å². The summed E-state index contributed by atoms with van der Waals surface area (Å²) in [5, 5.41) is 14.7. The molecule has 4 rings (SSSR count). The minimum absolute atomic E-state index is 0.648. The molecule has 0 amide bonds. The van der Waals surface area contributed by atoms with Crippen LogP contribution in [-0.4, -0.2) is 34.7 Å². The molecule has 7 nitrogen and oxygen atoms in total. The minimum Gasteiger partial charge on any atom is -0.254 e. The molecule has 3 aromatic heterocycles. The monoisotopic (exact) mass is 329 g/mol. The van der Waals surface area contributed by atoms with Crippen LogP contribution in [0.25, 0.3) is 17.0 Å². The second-order valence-electron chi connectivity index (χ2n) is 4.59. The smallest absolute Gasteiger partial charge is 0.254 e. The number of imidazole rings is 1. The molecule has 3 heterocycles. The maximum absolute atomic E-state index is 4.70. The van der Waals surface area contributed by atoms with E-state index >= 15 is 0 Å². The molecular weight excluding hydrogens is 318 g/mol. The Morgan fingerprint density at radius 2 is 2.18 bits per heavy atom. The predicted octanol–water partition coefficient (Wildman–Crippen LogP) is 2.30. The molecule has 0 N–H and O–H groups in total. The van der Waals surface area contributed by atoms with E-state index in [4.69, 9.17) is 4.98 Å². The molecule has 0 atom stereocenters. The first kappa shape index (κ1) is 13.4. The standard InChI is InChI=1S/C13H11N7S2/c1-19-12(16-17-18-19)20-11-5-3-2-4-10(11)15-13(20)22-7-9-6-21-8-14-9/h2-6,8H,7H2,1H3. The van der Waals surface area contributed by atoms with Crippen molar-refractivity contribution in [2.75, 3.05) is 0 Å². The van der Waals surface area contributed by atoms with E-state index < -0.39 is 0 Å². The number of hydrogen-bond acceptors (Lipinski definition) is 7.